The first kappa shape index (κ1) is 16.1. The highest BCUT2D eigenvalue weighted by molar-refractivity contribution is 6.83. The summed E-state index contributed by atoms with van der Waals surface area (Å²) in [5.74, 6) is 10.2. The second-order valence-corrected chi connectivity index (χ2v) is 10.4. The maximum atomic E-state index is 3.35. The van der Waals surface area contributed by atoms with Crippen molar-refractivity contribution in [3.05, 3.63) is 11.6 Å². The van der Waals surface area contributed by atoms with E-state index < -0.39 is 8.07 Å². The summed E-state index contributed by atoms with van der Waals surface area (Å²) < 4.78 is 0. The zero-order valence-electron chi connectivity index (χ0n) is 12.3. The van der Waals surface area contributed by atoms with E-state index >= 15 is 0 Å². The average Bonchev–Trinajstić information content (AvgIpc) is 2.19. The third-order valence-electron chi connectivity index (χ3n) is 2.18. The van der Waals surface area contributed by atoms with Crippen LogP contribution in [-0.2, 0) is 0 Å². The van der Waals surface area contributed by atoms with Crippen molar-refractivity contribution in [2.75, 3.05) is 0 Å². The molecule has 0 fully saturated rings. The maximum Gasteiger partial charge on any atom is 0.129 e. The smallest absolute Gasteiger partial charge is 0.127 e. The molecule has 0 aromatic rings. The molecule has 0 saturated carbocycles. The molecule has 0 heterocycles. The molecule has 94 valence electrons. The van der Waals surface area contributed by atoms with Crippen LogP contribution < -0.4 is 0 Å². The molecule has 0 aromatic carbocycles. The fraction of sp³-hybridized carbons (Fsp3) is 0.625. The van der Waals surface area contributed by atoms with Gasteiger partial charge in [0, 0.05) is 12.0 Å². The molecule has 0 nitrogen and oxygen atoms in total. The molecule has 0 bridgehead atoms. The van der Waals surface area contributed by atoms with Crippen molar-refractivity contribution in [1.82, 2.24) is 0 Å². The third-order valence-corrected chi connectivity index (χ3v) is 3.08. The van der Waals surface area contributed by atoms with Gasteiger partial charge in [-0.25, -0.2) is 0 Å². The highest BCUT2D eigenvalue weighted by Crippen LogP contribution is 2.08. The van der Waals surface area contributed by atoms with Crippen molar-refractivity contribution >= 4 is 8.07 Å². The Labute approximate surface area is 109 Å². The lowest BCUT2D eigenvalue weighted by molar-refractivity contribution is 0.797. The minimum absolute atomic E-state index is 0.472. The summed E-state index contributed by atoms with van der Waals surface area (Å²) in [4.78, 5) is 0. The first-order valence-electron chi connectivity index (χ1n) is 6.58. The Kier molecular flexibility index (Phi) is 7.76. The Hall–Kier alpha value is -0.923. The summed E-state index contributed by atoms with van der Waals surface area (Å²) >= 11 is 0. The summed E-state index contributed by atoms with van der Waals surface area (Å²) in [7, 11) is -1.26. The van der Waals surface area contributed by atoms with Crippen LogP contribution in [0.2, 0.25) is 19.6 Å². The van der Waals surface area contributed by atoms with Crippen LogP contribution in [0.5, 0.6) is 0 Å². The average molecular weight is 246 g/mol. The van der Waals surface area contributed by atoms with Crippen LogP contribution in [0.4, 0.5) is 0 Å². The Morgan fingerprint density at radius 1 is 1.24 bits per heavy atom. The van der Waals surface area contributed by atoms with Gasteiger partial charge in [-0.05, 0) is 18.4 Å². The van der Waals surface area contributed by atoms with Crippen molar-refractivity contribution in [3.63, 3.8) is 0 Å². The van der Waals surface area contributed by atoms with Crippen molar-refractivity contribution in [3.8, 4) is 23.3 Å². The minimum atomic E-state index is -1.26. The second kappa shape index (κ2) is 8.21. The number of unbranched alkanes of at least 4 members (excludes halogenated alkanes) is 2. The fourth-order valence-corrected chi connectivity index (χ4v) is 1.61. The van der Waals surface area contributed by atoms with Crippen molar-refractivity contribution in [2.24, 2.45) is 5.92 Å². The predicted molar refractivity (Wildman–Crippen MR) is 81.3 cm³/mol. The summed E-state index contributed by atoms with van der Waals surface area (Å²) in [5, 5.41) is 0. The summed E-state index contributed by atoms with van der Waals surface area (Å²) in [6, 6.07) is 0. The van der Waals surface area contributed by atoms with E-state index in [1.807, 2.05) is 6.08 Å². The molecule has 1 heteroatoms. The molecule has 0 rings (SSSR count). The number of hydrogen-bond donors (Lipinski definition) is 0. The van der Waals surface area contributed by atoms with Crippen LogP contribution in [0.1, 0.15) is 40.0 Å². The molecule has 0 N–H and O–H groups in total. The van der Waals surface area contributed by atoms with Crippen LogP contribution in [0, 0.1) is 29.2 Å². The highest BCUT2D eigenvalue weighted by atomic mass is 28.3. The fourth-order valence-electron chi connectivity index (χ4n) is 1.11. The second-order valence-electron chi connectivity index (χ2n) is 5.68. The molecule has 0 aliphatic carbocycles. The summed E-state index contributed by atoms with van der Waals surface area (Å²) in [6.45, 7) is 13.3. The van der Waals surface area contributed by atoms with E-state index in [4.69, 9.17) is 0 Å². The highest BCUT2D eigenvalue weighted by Gasteiger charge is 2.07. The van der Waals surface area contributed by atoms with E-state index in [0.717, 1.165) is 6.42 Å². The van der Waals surface area contributed by atoms with Gasteiger partial charge in [0.15, 0.2) is 0 Å². The van der Waals surface area contributed by atoms with Crippen LogP contribution in [-0.4, -0.2) is 8.07 Å². The molecule has 0 radical (unpaired) electrons. The molecule has 0 atom stereocenters. The normalized spacial score (nSPS) is 11.6. The molecule has 0 saturated heterocycles. The number of rotatable bonds is 3. The first-order valence-corrected chi connectivity index (χ1v) is 10.1. The van der Waals surface area contributed by atoms with Gasteiger partial charge in [0.25, 0.3) is 0 Å². The van der Waals surface area contributed by atoms with Crippen LogP contribution >= 0.6 is 0 Å². The van der Waals surface area contributed by atoms with Crippen molar-refractivity contribution in [1.29, 1.82) is 0 Å². The Balaban J connectivity index is 4.66. The maximum absolute atomic E-state index is 3.35. The van der Waals surface area contributed by atoms with Crippen molar-refractivity contribution in [2.45, 2.75) is 59.7 Å². The SMILES string of the molecule is CCCCC#C/C(=C/C#C[Si](C)(C)C)C(C)C. The van der Waals surface area contributed by atoms with Gasteiger partial charge >= 0.3 is 0 Å². The van der Waals surface area contributed by atoms with E-state index in [1.54, 1.807) is 0 Å². The molecule has 0 aromatic heterocycles. The van der Waals surface area contributed by atoms with Crippen LogP contribution in [0.15, 0.2) is 11.6 Å². The van der Waals surface area contributed by atoms with Gasteiger partial charge in [-0.15, -0.1) is 5.54 Å². The van der Waals surface area contributed by atoms with E-state index in [-0.39, 0.29) is 0 Å². The molecular weight excluding hydrogens is 220 g/mol. The van der Waals surface area contributed by atoms with Gasteiger partial charge in [-0.3, -0.25) is 0 Å². The van der Waals surface area contributed by atoms with Crippen molar-refractivity contribution < 1.29 is 0 Å². The van der Waals surface area contributed by atoms with Gasteiger partial charge in [0.1, 0.15) is 8.07 Å². The topological polar surface area (TPSA) is 0 Å². The molecule has 0 aliphatic rings. The van der Waals surface area contributed by atoms with E-state index in [0.29, 0.717) is 5.92 Å². The molecule has 0 aliphatic heterocycles. The van der Waals surface area contributed by atoms with Gasteiger partial charge in [-0.1, -0.05) is 64.6 Å². The van der Waals surface area contributed by atoms with Crippen LogP contribution in [0.3, 0.4) is 0 Å². The summed E-state index contributed by atoms with van der Waals surface area (Å²) in [6.07, 6.45) is 5.42. The van der Waals surface area contributed by atoms with Gasteiger partial charge in [0.05, 0.1) is 0 Å². The van der Waals surface area contributed by atoms with Gasteiger partial charge < -0.3 is 0 Å². The van der Waals surface area contributed by atoms with Crippen LogP contribution in [0.25, 0.3) is 0 Å². The predicted octanol–water partition coefficient (Wildman–Crippen LogP) is 4.64. The van der Waals surface area contributed by atoms with Gasteiger partial charge in [0.2, 0.25) is 0 Å². The minimum Gasteiger partial charge on any atom is -0.127 e. The van der Waals surface area contributed by atoms with E-state index in [9.17, 15) is 0 Å². The van der Waals surface area contributed by atoms with E-state index in [2.05, 4.69) is 63.7 Å². The Morgan fingerprint density at radius 2 is 1.88 bits per heavy atom. The zero-order valence-corrected chi connectivity index (χ0v) is 13.3. The molecule has 0 spiro atoms. The lowest BCUT2D eigenvalue weighted by atomic mass is 10.0. The first-order chi connectivity index (χ1) is 7.87. The molecule has 17 heavy (non-hydrogen) atoms. The van der Waals surface area contributed by atoms with E-state index in [1.165, 1.54) is 18.4 Å². The number of allylic oxidation sites excluding steroid dienone is 2. The lowest BCUT2D eigenvalue weighted by Gasteiger charge is -2.03. The molecule has 0 unspecified atom stereocenters. The molecular formula is C16H26Si. The Bertz CT molecular complexity index is 358. The Morgan fingerprint density at radius 3 is 2.35 bits per heavy atom. The number of hydrogen-bond acceptors (Lipinski definition) is 0. The zero-order chi connectivity index (χ0) is 13.3. The monoisotopic (exact) mass is 246 g/mol. The third kappa shape index (κ3) is 9.98. The summed E-state index contributed by atoms with van der Waals surface area (Å²) in [5.41, 5.74) is 4.53. The molecule has 0 amide bonds. The lowest BCUT2D eigenvalue weighted by Crippen LogP contribution is -2.16. The van der Waals surface area contributed by atoms with Gasteiger partial charge in [-0.2, -0.15) is 0 Å². The standard InChI is InChI=1S/C16H26Si/c1-7-8-9-10-12-16(15(2)3)13-11-14-17(4,5)6/h13,15H,7-9H2,1-6H3/b16-13-. The quantitative estimate of drug-likeness (QED) is 0.386. The largest absolute Gasteiger partial charge is 0.129 e.